The number of carbonyl (C=O) groups is 2. The summed E-state index contributed by atoms with van der Waals surface area (Å²) in [6, 6.07) is 31.7. The highest BCUT2D eigenvalue weighted by atomic mass is 28.4. The molecule has 11 nitrogen and oxygen atoms in total. The molecule has 2 amide bonds. The van der Waals surface area contributed by atoms with Crippen LogP contribution in [0.25, 0.3) is 0 Å². The predicted molar refractivity (Wildman–Crippen MR) is 202 cm³/mol. The van der Waals surface area contributed by atoms with E-state index in [0.717, 1.165) is 22.4 Å². The van der Waals surface area contributed by atoms with Crippen molar-refractivity contribution in [3.05, 3.63) is 137 Å². The van der Waals surface area contributed by atoms with Gasteiger partial charge in [-0.1, -0.05) is 72.8 Å². The molecule has 2 aliphatic rings. The number of nitrogens with one attached hydrogen (secondary N) is 1. The number of ether oxygens (including phenoxy) is 1. The Labute approximate surface area is 304 Å². The molecule has 1 aromatic heterocycles. The number of nitrogens with zero attached hydrogens (tertiary/aromatic N) is 4. The van der Waals surface area contributed by atoms with Gasteiger partial charge >= 0.3 is 0 Å². The molecule has 1 unspecified atom stereocenters. The third-order valence-corrected chi connectivity index (χ3v) is 13.1. The van der Waals surface area contributed by atoms with Crippen LogP contribution in [0.2, 0.25) is 18.6 Å². The Morgan fingerprint density at radius 3 is 2.38 bits per heavy atom. The van der Waals surface area contributed by atoms with Crippen molar-refractivity contribution in [2.45, 2.75) is 62.7 Å². The van der Waals surface area contributed by atoms with E-state index < -0.39 is 20.0 Å². The summed E-state index contributed by atoms with van der Waals surface area (Å²) in [7, 11) is -2.85. The van der Waals surface area contributed by atoms with Gasteiger partial charge < -0.3 is 30.6 Å². The van der Waals surface area contributed by atoms with Crippen LogP contribution in [0.4, 0.5) is 17.1 Å². The molecule has 0 bridgehead atoms. The number of benzene rings is 4. The second-order valence-corrected chi connectivity index (χ2v) is 18.4. The number of para-hydroxylation sites is 1. The second kappa shape index (κ2) is 14.1. The van der Waals surface area contributed by atoms with Gasteiger partial charge in [-0.05, 0) is 73.1 Å². The van der Waals surface area contributed by atoms with Gasteiger partial charge in [0.05, 0.1) is 36.6 Å². The highest BCUT2D eigenvalue weighted by molar-refractivity contribution is 6.71. The first kappa shape index (κ1) is 35.3. The molecule has 268 valence electrons. The lowest BCUT2D eigenvalue weighted by atomic mass is 9.82. The maximum atomic E-state index is 14.8. The van der Waals surface area contributed by atoms with Crippen molar-refractivity contribution in [1.29, 1.82) is 0 Å². The van der Waals surface area contributed by atoms with Gasteiger partial charge in [-0.25, -0.2) is 0 Å². The van der Waals surface area contributed by atoms with Gasteiger partial charge in [0.15, 0.2) is 13.9 Å². The number of hydrogen-bond acceptors (Lipinski definition) is 8. The average molecular weight is 717 g/mol. The van der Waals surface area contributed by atoms with Crippen LogP contribution >= 0.6 is 0 Å². The highest BCUT2D eigenvalue weighted by Crippen LogP contribution is 2.59. The number of hydrogen-bond donors (Lipinski definition) is 4. The summed E-state index contributed by atoms with van der Waals surface area (Å²) >= 11 is 0. The number of anilines is 3. The number of aromatic nitrogens is 3. The lowest BCUT2D eigenvalue weighted by Crippen LogP contribution is -2.46. The monoisotopic (exact) mass is 716 g/mol. The molecule has 52 heavy (non-hydrogen) atoms. The molecule has 1 saturated heterocycles. The van der Waals surface area contributed by atoms with Gasteiger partial charge in [0.2, 0.25) is 0 Å². The molecule has 12 heteroatoms. The van der Waals surface area contributed by atoms with E-state index in [9.17, 15) is 19.5 Å². The third kappa shape index (κ3) is 6.54. The SMILES string of the molecule is C[C@@H]1[C@@H]([Si](C)(C)O)[C@H](CCn2cc(C(CO)c3ccccc3)nn2)O[C@@]12C(=O)N(Cc1ccc(NC(=O)c3ccc(N)cc3)cc1)c1ccccc12. The number of carbonyl (C=O) groups excluding carboxylic acids is 2. The van der Waals surface area contributed by atoms with Crippen LogP contribution < -0.4 is 16.0 Å². The fraction of sp³-hybridized carbons (Fsp3) is 0.300. The van der Waals surface area contributed by atoms with Crippen molar-refractivity contribution in [3.8, 4) is 0 Å². The zero-order valence-corrected chi connectivity index (χ0v) is 30.5. The Kier molecular flexibility index (Phi) is 9.57. The minimum atomic E-state index is -2.85. The maximum Gasteiger partial charge on any atom is 0.264 e. The number of fused-ring (bicyclic) bond motifs is 2. The molecule has 2 aliphatic heterocycles. The normalized spacial score (nSPS) is 21.8. The van der Waals surface area contributed by atoms with Crippen LogP contribution in [-0.2, 0) is 28.2 Å². The molecule has 5 aromatic rings. The van der Waals surface area contributed by atoms with Crippen molar-refractivity contribution in [3.63, 3.8) is 0 Å². The summed E-state index contributed by atoms with van der Waals surface area (Å²) < 4.78 is 8.72. The van der Waals surface area contributed by atoms with E-state index in [0.29, 0.717) is 42.1 Å². The lowest BCUT2D eigenvalue weighted by molar-refractivity contribution is -0.146. The van der Waals surface area contributed by atoms with E-state index in [1.165, 1.54) is 0 Å². The molecule has 0 radical (unpaired) electrons. The van der Waals surface area contributed by atoms with E-state index in [1.54, 1.807) is 33.8 Å². The predicted octanol–water partition coefficient (Wildman–Crippen LogP) is 5.67. The number of nitrogen functional groups attached to an aromatic ring is 1. The number of amides is 2. The van der Waals surface area contributed by atoms with Crippen LogP contribution in [0.3, 0.4) is 0 Å². The topological polar surface area (TPSA) is 156 Å². The molecule has 5 atom stereocenters. The zero-order chi connectivity index (χ0) is 36.6. The van der Waals surface area contributed by atoms with Crippen LogP contribution in [0, 0.1) is 5.92 Å². The quantitative estimate of drug-likeness (QED) is 0.101. The first-order valence-corrected chi connectivity index (χ1v) is 20.7. The molecule has 7 rings (SSSR count). The van der Waals surface area contributed by atoms with Crippen molar-refractivity contribution >= 4 is 37.2 Å². The Bertz CT molecular complexity index is 2050. The van der Waals surface area contributed by atoms with Crippen molar-refractivity contribution in [2.75, 3.05) is 22.6 Å². The first-order valence-electron chi connectivity index (χ1n) is 17.6. The Morgan fingerprint density at radius 1 is 1.00 bits per heavy atom. The smallest absolute Gasteiger partial charge is 0.264 e. The van der Waals surface area contributed by atoms with E-state index in [4.69, 9.17) is 10.5 Å². The van der Waals surface area contributed by atoms with Crippen LogP contribution in [0.5, 0.6) is 0 Å². The van der Waals surface area contributed by atoms with Gasteiger partial charge in [0, 0.05) is 46.7 Å². The number of aryl methyl sites for hydroxylation is 1. The van der Waals surface area contributed by atoms with Gasteiger partial charge in [-0.3, -0.25) is 14.3 Å². The molecule has 0 saturated carbocycles. The molecule has 1 spiro atoms. The standard InChI is InChI=1S/C40H44N6O5Si/c1-26-37(52(2,3)50)36(21-22-45-24-34(43-44-45)32(25-47)28-9-5-4-6-10-28)51-40(26)33-11-7-8-12-35(33)46(39(40)49)23-27-13-19-31(20-14-27)42-38(48)29-15-17-30(41)18-16-29/h4-20,24,26,32,36-37,47,50H,21-23,25,41H2,1-3H3,(H,42,48)/t26-,32?,36+,37-,40+/m1/s1. The van der Waals surface area contributed by atoms with Gasteiger partial charge in [-0.2, -0.15) is 0 Å². The molecule has 0 aliphatic carbocycles. The van der Waals surface area contributed by atoms with Crippen molar-refractivity contribution in [2.24, 2.45) is 5.92 Å². The zero-order valence-electron chi connectivity index (χ0n) is 29.5. The van der Waals surface area contributed by atoms with E-state index in [-0.39, 0.29) is 35.8 Å². The number of aliphatic hydroxyl groups is 1. The second-order valence-electron chi connectivity index (χ2n) is 14.4. The molecule has 5 N–H and O–H groups in total. The molecular formula is C40H44N6O5Si. The van der Waals surface area contributed by atoms with Gasteiger partial charge in [0.1, 0.15) is 0 Å². The molecule has 1 fully saturated rings. The Morgan fingerprint density at radius 2 is 1.69 bits per heavy atom. The van der Waals surface area contributed by atoms with Gasteiger partial charge in [0.25, 0.3) is 11.8 Å². The summed E-state index contributed by atoms with van der Waals surface area (Å²) in [6.07, 6.45) is 1.97. The summed E-state index contributed by atoms with van der Waals surface area (Å²) in [5.74, 6) is -0.974. The van der Waals surface area contributed by atoms with Crippen LogP contribution in [-0.4, -0.2) is 57.7 Å². The molecule has 4 aromatic carbocycles. The number of aliphatic hydroxyl groups excluding tert-OH is 1. The largest absolute Gasteiger partial charge is 0.432 e. The van der Waals surface area contributed by atoms with E-state index >= 15 is 0 Å². The highest BCUT2D eigenvalue weighted by Gasteiger charge is 2.66. The minimum Gasteiger partial charge on any atom is -0.432 e. The maximum absolute atomic E-state index is 14.8. The van der Waals surface area contributed by atoms with Crippen molar-refractivity contribution < 1.29 is 24.2 Å². The fourth-order valence-corrected chi connectivity index (χ4v) is 10.7. The Balaban J connectivity index is 1.10. The summed E-state index contributed by atoms with van der Waals surface area (Å²) in [5.41, 5.74) is 10.1. The first-order chi connectivity index (χ1) is 25.0. The minimum absolute atomic E-state index is 0.0932. The summed E-state index contributed by atoms with van der Waals surface area (Å²) in [6.45, 7) is 6.55. The van der Waals surface area contributed by atoms with E-state index in [1.807, 2.05) is 105 Å². The average Bonchev–Trinajstić information content (AvgIpc) is 3.79. The van der Waals surface area contributed by atoms with E-state index in [2.05, 4.69) is 15.6 Å². The van der Waals surface area contributed by atoms with Crippen LogP contribution in [0.1, 0.15) is 52.0 Å². The van der Waals surface area contributed by atoms with Crippen molar-refractivity contribution in [1.82, 2.24) is 15.0 Å². The molecule has 3 heterocycles. The van der Waals surface area contributed by atoms with Gasteiger partial charge in [-0.15, -0.1) is 5.10 Å². The fourth-order valence-electron chi connectivity index (χ4n) is 8.07. The summed E-state index contributed by atoms with van der Waals surface area (Å²) in [5, 5.41) is 21.8. The lowest BCUT2D eigenvalue weighted by Gasteiger charge is -2.32. The summed E-state index contributed by atoms with van der Waals surface area (Å²) in [4.78, 5) is 40.9. The number of nitrogens with two attached hydrogens (primary N) is 1. The molecular weight excluding hydrogens is 673 g/mol. The Hall–Kier alpha value is -5.14. The third-order valence-electron chi connectivity index (χ3n) is 10.6. The van der Waals surface area contributed by atoms with Crippen LogP contribution in [0.15, 0.2) is 109 Å². The number of rotatable bonds is 11.